The molecule has 1 aliphatic rings. The second kappa shape index (κ2) is 6.29. The van der Waals surface area contributed by atoms with E-state index in [-0.39, 0.29) is 24.2 Å². The zero-order valence-corrected chi connectivity index (χ0v) is 11.0. The molecule has 1 heterocycles. The van der Waals surface area contributed by atoms with Gasteiger partial charge in [-0.25, -0.2) is 12.7 Å². The number of amides is 1. The minimum atomic E-state index is -3.24. The third-order valence-electron chi connectivity index (χ3n) is 2.57. The van der Waals surface area contributed by atoms with E-state index in [1.54, 1.807) is 0 Å². The largest absolute Gasteiger partial charge is 0.354 e. The molecular weight excluding hydrogens is 244 g/mol. The van der Waals surface area contributed by atoms with Gasteiger partial charge in [0.2, 0.25) is 15.9 Å². The fourth-order valence-corrected chi connectivity index (χ4v) is 2.17. The molecule has 1 fully saturated rings. The van der Waals surface area contributed by atoms with Crippen LogP contribution < -0.4 is 16.0 Å². The lowest BCUT2D eigenvalue weighted by Gasteiger charge is -2.23. The van der Waals surface area contributed by atoms with Crippen molar-refractivity contribution in [3.63, 3.8) is 0 Å². The molecule has 0 aliphatic carbocycles. The standard InChI is InChI=1S/C9H20N4O3S/c1-13(2)17(15,16)6-5-12-9(14)8-7-10-3-4-11-8/h8,10-11H,3-7H2,1-2H3,(H,12,14). The Hall–Kier alpha value is -0.700. The SMILES string of the molecule is CN(C)S(=O)(=O)CCNC(=O)C1CNCCN1. The van der Waals surface area contributed by atoms with Gasteiger partial charge in [-0.1, -0.05) is 0 Å². The quantitative estimate of drug-likeness (QED) is 0.513. The highest BCUT2D eigenvalue weighted by Gasteiger charge is 2.20. The number of hydrogen-bond acceptors (Lipinski definition) is 5. The van der Waals surface area contributed by atoms with Crippen molar-refractivity contribution in [3.05, 3.63) is 0 Å². The van der Waals surface area contributed by atoms with E-state index in [1.807, 2.05) is 0 Å². The Morgan fingerprint density at radius 3 is 2.65 bits per heavy atom. The van der Waals surface area contributed by atoms with Crippen LogP contribution in [-0.2, 0) is 14.8 Å². The number of carbonyl (C=O) groups is 1. The number of hydrogen-bond donors (Lipinski definition) is 3. The van der Waals surface area contributed by atoms with Crippen molar-refractivity contribution in [1.82, 2.24) is 20.3 Å². The zero-order valence-electron chi connectivity index (χ0n) is 10.2. The van der Waals surface area contributed by atoms with Gasteiger partial charge in [0.15, 0.2) is 0 Å². The van der Waals surface area contributed by atoms with Gasteiger partial charge in [-0.15, -0.1) is 0 Å². The predicted molar refractivity (Wildman–Crippen MR) is 65.1 cm³/mol. The van der Waals surface area contributed by atoms with Crippen LogP contribution >= 0.6 is 0 Å². The maximum absolute atomic E-state index is 11.6. The van der Waals surface area contributed by atoms with Crippen molar-refractivity contribution < 1.29 is 13.2 Å². The van der Waals surface area contributed by atoms with Crippen LogP contribution in [0.15, 0.2) is 0 Å². The molecule has 17 heavy (non-hydrogen) atoms. The topological polar surface area (TPSA) is 90.5 Å². The summed E-state index contributed by atoms with van der Waals surface area (Å²) < 4.78 is 24.0. The van der Waals surface area contributed by atoms with E-state index < -0.39 is 10.0 Å². The zero-order chi connectivity index (χ0) is 12.9. The third kappa shape index (κ3) is 4.58. The van der Waals surface area contributed by atoms with Crippen molar-refractivity contribution >= 4 is 15.9 Å². The molecule has 1 rings (SSSR count). The van der Waals surface area contributed by atoms with Crippen LogP contribution in [0.3, 0.4) is 0 Å². The van der Waals surface area contributed by atoms with Gasteiger partial charge in [-0.2, -0.15) is 0 Å². The van der Waals surface area contributed by atoms with Crippen molar-refractivity contribution in [2.24, 2.45) is 0 Å². The lowest BCUT2D eigenvalue weighted by Crippen LogP contribution is -2.56. The molecule has 0 spiro atoms. The highest BCUT2D eigenvalue weighted by Crippen LogP contribution is 1.93. The maximum atomic E-state index is 11.6. The summed E-state index contributed by atoms with van der Waals surface area (Å²) in [7, 11) is -0.290. The molecule has 3 N–H and O–H groups in total. The van der Waals surface area contributed by atoms with Gasteiger partial charge >= 0.3 is 0 Å². The van der Waals surface area contributed by atoms with E-state index in [9.17, 15) is 13.2 Å². The summed E-state index contributed by atoms with van der Waals surface area (Å²) in [5.41, 5.74) is 0. The molecule has 7 nitrogen and oxygen atoms in total. The van der Waals surface area contributed by atoms with Crippen LogP contribution in [0.25, 0.3) is 0 Å². The highest BCUT2D eigenvalue weighted by atomic mass is 32.2. The molecule has 0 aromatic heterocycles. The summed E-state index contributed by atoms with van der Waals surface area (Å²) in [4.78, 5) is 11.6. The minimum Gasteiger partial charge on any atom is -0.354 e. The van der Waals surface area contributed by atoms with E-state index in [1.165, 1.54) is 14.1 Å². The van der Waals surface area contributed by atoms with Crippen molar-refractivity contribution in [2.45, 2.75) is 6.04 Å². The van der Waals surface area contributed by atoms with Gasteiger partial charge in [0.25, 0.3) is 0 Å². The molecule has 1 aliphatic heterocycles. The van der Waals surface area contributed by atoms with Crippen LogP contribution in [-0.4, -0.2) is 70.7 Å². The molecular formula is C9H20N4O3S. The average molecular weight is 264 g/mol. The molecule has 0 bridgehead atoms. The van der Waals surface area contributed by atoms with Crippen molar-refractivity contribution in [3.8, 4) is 0 Å². The first-order chi connectivity index (χ1) is 7.93. The monoisotopic (exact) mass is 264 g/mol. The van der Waals surface area contributed by atoms with E-state index >= 15 is 0 Å². The van der Waals surface area contributed by atoms with E-state index in [0.29, 0.717) is 6.54 Å². The number of nitrogens with zero attached hydrogens (tertiary/aromatic N) is 1. The third-order valence-corrected chi connectivity index (χ3v) is 4.41. The minimum absolute atomic E-state index is 0.0775. The Kier molecular flexibility index (Phi) is 5.31. The first-order valence-electron chi connectivity index (χ1n) is 5.55. The summed E-state index contributed by atoms with van der Waals surface area (Å²) in [5.74, 6) is -0.238. The van der Waals surface area contributed by atoms with E-state index in [4.69, 9.17) is 0 Å². The predicted octanol–water partition coefficient (Wildman–Crippen LogP) is -2.44. The Balaban J connectivity index is 2.29. The first-order valence-corrected chi connectivity index (χ1v) is 7.16. The molecule has 8 heteroatoms. The van der Waals surface area contributed by atoms with E-state index in [2.05, 4.69) is 16.0 Å². The molecule has 0 aromatic carbocycles. The molecule has 100 valence electrons. The lowest BCUT2D eigenvalue weighted by atomic mass is 10.2. The number of sulfonamides is 1. The molecule has 1 unspecified atom stereocenters. The van der Waals surface area contributed by atoms with Crippen LogP contribution in [0.4, 0.5) is 0 Å². The molecule has 1 amide bonds. The molecule has 0 saturated carbocycles. The summed E-state index contributed by atoms with van der Waals surface area (Å²) in [6, 6.07) is -0.272. The summed E-state index contributed by atoms with van der Waals surface area (Å²) in [5, 5.41) is 8.76. The molecule has 0 aromatic rings. The summed E-state index contributed by atoms with van der Waals surface area (Å²) in [6.07, 6.45) is 0. The molecule has 0 radical (unpaired) electrons. The molecule has 1 atom stereocenters. The van der Waals surface area contributed by atoms with Crippen LogP contribution in [0.2, 0.25) is 0 Å². The van der Waals surface area contributed by atoms with Gasteiger partial charge in [0.1, 0.15) is 0 Å². The van der Waals surface area contributed by atoms with Gasteiger partial charge in [-0.3, -0.25) is 4.79 Å². The Morgan fingerprint density at radius 2 is 2.12 bits per heavy atom. The van der Waals surface area contributed by atoms with Crippen LogP contribution in [0.5, 0.6) is 0 Å². The summed E-state index contributed by atoms with van der Waals surface area (Å²) >= 11 is 0. The average Bonchev–Trinajstić information content (AvgIpc) is 2.29. The Morgan fingerprint density at radius 1 is 1.41 bits per heavy atom. The number of nitrogens with one attached hydrogen (secondary N) is 3. The van der Waals surface area contributed by atoms with Crippen molar-refractivity contribution in [1.29, 1.82) is 0 Å². The fraction of sp³-hybridized carbons (Fsp3) is 0.889. The summed E-state index contributed by atoms with van der Waals surface area (Å²) in [6.45, 7) is 2.30. The van der Waals surface area contributed by atoms with Gasteiger partial charge in [0.05, 0.1) is 11.8 Å². The number of rotatable bonds is 5. The highest BCUT2D eigenvalue weighted by molar-refractivity contribution is 7.89. The van der Waals surface area contributed by atoms with Gasteiger partial charge in [-0.05, 0) is 0 Å². The second-order valence-corrected chi connectivity index (χ2v) is 6.40. The van der Waals surface area contributed by atoms with Crippen LogP contribution in [0, 0.1) is 0 Å². The van der Waals surface area contributed by atoms with Crippen LogP contribution in [0.1, 0.15) is 0 Å². The number of carbonyl (C=O) groups excluding carboxylic acids is 1. The van der Waals surface area contributed by atoms with E-state index in [0.717, 1.165) is 17.4 Å². The fourth-order valence-electron chi connectivity index (χ4n) is 1.45. The molecule has 1 saturated heterocycles. The first kappa shape index (κ1) is 14.4. The lowest BCUT2D eigenvalue weighted by molar-refractivity contribution is -0.123. The Labute approximate surface area is 102 Å². The Bertz CT molecular complexity index is 349. The normalized spacial score (nSPS) is 21.5. The van der Waals surface area contributed by atoms with Gasteiger partial charge < -0.3 is 16.0 Å². The maximum Gasteiger partial charge on any atom is 0.238 e. The smallest absolute Gasteiger partial charge is 0.238 e. The van der Waals surface area contributed by atoms with Gasteiger partial charge in [0, 0.05) is 40.3 Å². The van der Waals surface area contributed by atoms with Crippen molar-refractivity contribution in [2.75, 3.05) is 46.0 Å². The number of piperazine rings is 1. The second-order valence-electron chi connectivity index (χ2n) is 4.10.